The molecule has 0 amide bonds. The Labute approximate surface area is 74.9 Å². The van der Waals surface area contributed by atoms with E-state index in [0.717, 1.165) is 13.0 Å². The first-order valence-corrected chi connectivity index (χ1v) is 4.62. The molecule has 0 saturated carbocycles. The van der Waals surface area contributed by atoms with Crippen molar-refractivity contribution in [1.29, 1.82) is 0 Å². The van der Waals surface area contributed by atoms with Gasteiger partial charge in [-0.3, -0.25) is 9.69 Å². The molecule has 1 saturated heterocycles. The van der Waals surface area contributed by atoms with Crippen LogP contribution in [0.1, 0.15) is 27.2 Å². The molecule has 1 aliphatic rings. The number of Topliss-reactive ketones (excluding diaryl/α,β-unsaturated/α-hetero) is 1. The quantitative estimate of drug-likeness (QED) is 0.548. The van der Waals surface area contributed by atoms with Crippen LogP contribution in [0.2, 0.25) is 0 Å². The number of ketones is 1. The monoisotopic (exact) mass is 169 g/mol. The van der Waals surface area contributed by atoms with Gasteiger partial charge in [-0.2, -0.15) is 0 Å². The summed E-state index contributed by atoms with van der Waals surface area (Å²) in [6.07, 6.45) is 1.03. The van der Waals surface area contributed by atoms with Gasteiger partial charge in [-0.15, -0.1) is 0 Å². The van der Waals surface area contributed by atoms with Crippen LogP contribution in [0.3, 0.4) is 0 Å². The van der Waals surface area contributed by atoms with Crippen LogP contribution in [-0.2, 0) is 4.79 Å². The van der Waals surface area contributed by atoms with E-state index >= 15 is 0 Å². The second-order valence-electron chi connectivity index (χ2n) is 4.91. The molecule has 70 valence electrons. The molecular weight excluding hydrogens is 150 g/mol. The zero-order valence-electron chi connectivity index (χ0n) is 8.55. The summed E-state index contributed by atoms with van der Waals surface area (Å²) in [4.78, 5) is 13.7. The molecule has 1 rings (SSSR count). The summed E-state index contributed by atoms with van der Waals surface area (Å²) in [7, 11) is 2.01. The van der Waals surface area contributed by atoms with E-state index < -0.39 is 0 Å². The average molecular weight is 169 g/mol. The van der Waals surface area contributed by atoms with Crippen LogP contribution < -0.4 is 0 Å². The van der Waals surface area contributed by atoms with Gasteiger partial charge in [-0.05, 0) is 25.4 Å². The average Bonchev–Trinajstić information content (AvgIpc) is 1.83. The molecule has 0 spiro atoms. The van der Waals surface area contributed by atoms with Crippen LogP contribution in [0.4, 0.5) is 0 Å². The molecule has 0 aromatic rings. The fourth-order valence-corrected chi connectivity index (χ4v) is 1.88. The Hall–Kier alpha value is -0.370. The maximum atomic E-state index is 11.6. The Kier molecular flexibility index (Phi) is 2.57. The van der Waals surface area contributed by atoms with Gasteiger partial charge in [-0.1, -0.05) is 20.8 Å². The second-order valence-corrected chi connectivity index (χ2v) is 4.91. The predicted molar refractivity (Wildman–Crippen MR) is 50.1 cm³/mol. The Morgan fingerprint density at radius 1 is 1.42 bits per heavy atom. The van der Waals surface area contributed by atoms with Gasteiger partial charge < -0.3 is 0 Å². The molecule has 12 heavy (non-hydrogen) atoms. The molecule has 0 aromatic heterocycles. The normalized spacial score (nSPS) is 27.7. The Morgan fingerprint density at radius 3 is 2.42 bits per heavy atom. The van der Waals surface area contributed by atoms with Gasteiger partial charge in [0, 0.05) is 5.92 Å². The molecule has 0 bridgehead atoms. The van der Waals surface area contributed by atoms with Gasteiger partial charge in [0.1, 0.15) is 5.78 Å². The van der Waals surface area contributed by atoms with Crippen molar-refractivity contribution in [2.75, 3.05) is 20.1 Å². The van der Waals surface area contributed by atoms with E-state index in [2.05, 4.69) is 25.7 Å². The van der Waals surface area contributed by atoms with Crippen LogP contribution in [0.15, 0.2) is 0 Å². The highest BCUT2D eigenvalue weighted by atomic mass is 16.1. The molecule has 1 fully saturated rings. The fraction of sp³-hybridized carbons (Fsp3) is 0.900. The van der Waals surface area contributed by atoms with Crippen molar-refractivity contribution in [2.24, 2.45) is 11.3 Å². The molecule has 0 N–H and O–H groups in total. The highest BCUT2D eigenvalue weighted by molar-refractivity contribution is 5.84. The predicted octanol–water partition coefficient (Wildman–Crippen LogP) is 1.55. The summed E-state index contributed by atoms with van der Waals surface area (Å²) in [5.41, 5.74) is 0.151. The molecule has 1 atom stereocenters. The molecule has 2 heteroatoms. The van der Waals surface area contributed by atoms with Crippen LogP contribution in [0.25, 0.3) is 0 Å². The third-order valence-corrected chi connectivity index (χ3v) is 2.66. The lowest BCUT2D eigenvalue weighted by molar-refractivity contribution is -0.130. The van der Waals surface area contributed by atoms with Gasteiger partial charge in [-0.25, -0.2) is 0 Å². The van der Waals surface area contributed by atoms with Crippen LogP contribution in [0.5, 0.6) is 0 Å². The number of likely N-dealkylation sites (N-methyl/N-ethyl adjacent to an activating group) is 1. The van der Waals surface area contributed by atoms with Gasteiger partial charge in [0.25, 0.3) is 0 Å². The van der Waals surface area contributed by atoms with E-state index in [1.165, 1.54) is 0 Å². The summed E-state index contributed by atoms with van der Waals surface area (Å²) in [6.45, 7) is 8.16. The topological polar surface area (TPSA) is 20.3 Å². The number of carbonyl (C=O) groups excluding carboxylic acids is 1. The lowest BCUT2D eigenvalue weighted by atomic mass is 9.74. The molecule has 1 aliphatic heterocycles. The van der Waals surface area contributed by atoms with Crippen molar-refractivity contribution in [3.63, 3.8) is 0 Å². The maximum Gasteiger partial charge on any atom is 0.150 e. The van der Waals surface area contributed by atoms with Crippen molar-refractivity contribution in [3.8, 4) is 0 Å². The summed E-state index contributed by atoms with van der Waals surface area (Å²) in [5.74, 6) is 0.685. The van der Waals surface area contributed by atoms with E-state index in [1.54, 1.807) is 0 Å². The fourth-order valence-electron chi connectivity index (χ4n) is 1.88. The minimum atomic E-state index is 0.151. The van der Waals surface area contributed by atoms with E-state index in [1.807, 2.05) is 7.05 Å². The van der Waals surface area contributed by atoms with Gasteiger partial charge >= 0.3 is 0 Å². The SMILES string of the molecule is CN1CCC(C(C)(C)C)C(=O)C1. The minimum Gasteiger partial charge on any atom is -0.299 e. The maximum absolute atomic E-state index is 11.6. The first-order chi connectivity index (χ1) is 5.41. The number of hydrogen-bond donors (Lipinski definition) is 0. The summed E-state index contributed by atoms with van der Waals surface area (Å²) >= 11 is 0. The number of carbonyl (C=O) groups is 1. The number of rotatable bonds is 0. The Morgan fingerprint density at radius 2 is 2.00 bits per heavy atom. The molecule has 0 aliphatic carbocycles. The van der Waals surface area contributed by atoms with Crippen LogP contribution in [0, 0.1) is 11.3 Å². The van der Waals surface area contributed by atoms with Crippen LogP contribution >= 0.6 is 0 Å². The lowest BCUT2D eigenvalue weighted by Gasteiger charge is -2.35. The third-order valence-electron chi connectivity index (χ3n) is 2.66. The summed E-state index contributed by atoms with van der Waals surface area (Å²) in [5, 5.41) is 0. The molecular formula is C10H19NO. The molecule has 2 nitrogen and oxygen atoms in total. The zero-order valence-corrected chi connectivity index (χ0v) is 8.55. The molecule has 1 heterocycles. The smallest absolute Gasteiger partial charge is 0.150 e. The Bertz CT molecular complexity index is 181. The number of likely N-dealkylation sites (tertiary alicyclic amines) is 1. The Balaban J connectivity index is 2.63. The number of nitrogens with zero attached hydrogens (tertiary/aromatic N) is 1. The van der Waals surface area contributed by atoms with Gasteiger partial charge in [0.15, 0.2) is 0 Å². The standard InChI is InChI=1S/C10H19NO/c1-10(2,3)8-5-6-11(4)7-9(8)12/h8H,5-7H2,1-4H3. The minimum absolute atomic E-state index is 0.151. The summed E-state index contributed by atoms with van der Waals surface area (Å²) in [6, 6.07) is 0. The van der Waals surface area contributed by atoms with Crippen molar-refractivity contribution >= 4 is 5.78 Å². The van der Waals surface area contributed by atoms with Crippen molar-refractivity contribution in [1.82, 2.24) is 4.90 Å². The van der Waals surface area contributed by atoms with Gasteiger partial charge in [0.2, 0.25) is 0 Å². The highest BCUT2D eigenvalue weighted by Gasteiger charge is 2.34. The molecule has 0 aromatic carbocycles. The largest absolute Gasteiger partial charge is 0.299 e. The number of hydrogen-bond acceptors (Lipinski definition) is 2. The third kappa shape index (κ3) is 2.07. The van der Waals surface area contributed by atoms with E-state index in [4.69, 9.17) is 0 Å². The van der Waals surface area contributed by atoms with Gasteiger partial charge in [0.05, 0.1) is 6.54 Å². The first-order valence-electron chi connectivity index (χ1n) is 4.62. The second kappa shape index (κ2) is 3.17. The lowest BCUT2D eigenvalue weighted by Crippen LogP contribution is -2.43. The first kappa shape index (κ1) is 9.72. The van der Waals surface area contributed by atoms with Crippen LogP contribution in [-0.4, -0.2) is 30.8 Å². The molecule has 1 unspecified atom stereocenters. The highest BCUT2D eigenvalue weighted by Crippen LogP contribution is 2.31. The summed E-state index contributed by atoms with van der Waals surface area (Å²) < 4.78 is 0. The molecule has 0 radical (unpaired) electrons. The van der Waals surface area contributed by atoms with Crippen molar-refractivity contribution in [3.05, 3.63) is 0 Å². The number of piperidine rings is 1. The van der Waals surface area contributed by atoms with E-state index in [0.29, 0.717) is 12.3 Å². The van der Waals surface area contributed by atoms with E-state index in [-0.39, 0.29) is 11.3 Å². The zero-order chi connectivity index (χ0) is 9.35. The van der Waals surface area contributed by atoms with E-state index in [9.17, 15) is 4.79 Å². The van der Waals surface area contributed by atoms with Crippen molar-refractivity contribution < 1.29 is 4.79 Å². The van der Waals surface area contributed by atoms with Crippen molar-refractivity contribution in [2.45, 2.75) is 27.2 Å².